The van der Waals surface area contributed by atoms with Crippen LogP contribution in [0.15, 0.2) is 18.2 Å². The van der Waals surface area contributed by atoms with Crippen molar-refractivity contribution >= 4 is 17.5 Å². The first-order valence-electron chi connectivity index (χ1n) is 6.71. The summed E-state index contributed by atoms with van der Waals surface area (Å²) < 4.78 is 13.0. The number of halogens is 2. The van der Waals surface area contributed by atoms with Gasteiger partial charge in [-0.2, -0.15) is 0 Å². The van der Waals surface area contributed by atoms with Crippen LogP contribution in [0.25, 0.3) is 0 Å². The molecule has 0 spiro atoms. The van der Waals surface area contributed by atoms with Gasteiger partial charge in [0.05, 0.1) is 12.0 Å². The summed E-state index contributed by atoms with van der Waals surface area (Å²) in [6.45, 7) is 4.73. The van der Waals surface area contributed by atoms with Crippen molar-refractivity contribution in [1.82, 2.24) is 4.90 Å². The van der Waals surface area contributed by atoms with Gasteiger partial charge in [-0.05, 0) is 38.0 Å². The molecule has 20 heavy (non-hydrogen) atoms. The van der Waals surface area contributed by atoms with Crippen molar-refractivity contribution in [2.75, 3.05) is 13.1 Å². The number of carbonyl (C=O) groups excluding carboxylic acids is 1. The Morgan fingerprint density at radius 2 is 2.25 bits per heavy atom. The van der Waals surface area contributed by atoms with Crippen molar-refractivity contribution in [3.8, 4) is 0 Å². The van der Waals surface area contributed by atoms with Crippen LogP contribution in [0.2, 0.25) is 5.02 Å². The Morgan fingerprint density at radius 1 is 1.55 bits per heavy atom. The first kappa shape index (κ1) is 15.3. The highest BCUT2D eigenvalue weighted by atomic mass is 35.5. The molecule has 5 heteroatoms. The SMILES string of the molecule is CC(C)(O)[C@@H]1CCN(C(=O)Cc2ccc(F)cc2Cl)C1. The van der Waals surface area contributed by atoms with Gasteiger partial charge in [-0.15, -0.1) is 0 Å². The minimum Gasteiger partial charge on any atom is -0.390 e. The summed E-state index contributed by atoms with van der Waals surface area (Å²) in [6, 6.07) is 4.06. The molecule has 1 aromatic rings. The van der Waals surface area contributed by atoms with Crippen LogP contribution >= 0.6 is 11.6 Å². The average molecular weight is 300 g/mol. The van der Waals surface area contributed by atoms with Gasteiger partial charge < -0.3 is 10.0 Å². The Kier molecular flexibility index (Phi) is 4.35. The molecule has 1 atom stereocenters. The third kappa shape index (κ3) is 3.49. The van der Waals surface area contributed by atoms with Gasteiger partial charge in [-0.1, -0.05) is 17.7 Å². The Bertz CT molecular complexity index is 513. The Morgan fingerprint density at radius 3 is 2.80 bits per heavy atom. The van der Waals surface area contributed by atoms with Gasteiger partial charge in [-0.3, -0.25) is 4.79 Å². The normalized spacial score (nSPS) is 19.4. The van der Waals surface area contributed by atoms with E-state index in [-0.39, 0.29) is 23.3 Å². The van der Waals surface area contributed by atoms with Gasteiger partial charge in [0.1, 0.15) is 5.82 Å². The lowest BCUT2D eigenvalue weighted by molar-refractivity contribution is -0.129. The molecule has 0 aromatic heterocycles. The summed E-state index contributed by atoms with van der Waals surface area (Å²) in [5, 5.41) is 10.3. The summed E-state index contributed by atoms with van der Waals surface area (Å²) >= 11 is 5.93. The smallest absolute Gasteiger partial charge is 0.227 e. The predicted octanol–water partition coefficient (Wildman–Crippen LogP) is 2.64. The molecule has 1 N–H and O–H groups in total. The number of amides is 1. The largest absolute Gasteiger partial charge is 0.390 e. The molecule has 110 valence electrons. The lowest BCUT2D eigenvalue weighted by Gasteiger charge is -2.25. The maximum Gasteiger partial charge on any atom is 0.227 e. The molecule has 0 radical (unpaired) electrons. The van der Waals surface area contributed by atoms with Gasteiger partial charge >= 0.3 is 0 Å². The molecular formula is C15H19ClFNO2. The van der Waals surface area contributed by atoms with Crippen LogP contribution in [0, 0.1) is 11.7 Å². The topological polar surface area (TPSA) is 40.5 Å². The van der Waals surface area contributed by atoms with E-state index in [1.807, 2.05) is 0 Å². The summed E-state index contributed by atoms with van der Waals surface area (Å²) in [5.41, 5.74) is -0.146. The van der Waals surface area contributed by atoms with E-state index in [2.05, 4.69) is 0 Å². The van der Waals surface area contributed by atoms with Gasteiger partial charge in [0.2, 0.25) is 5.91 Å². The first-order valence-corrected chi connectivity index (χ1v) is 7.09. The van der Waals surface area contributed by atoms with Crippen LogP contribution in [0.1, 0.15) is 25.8 Å². The van der Waals surface area contributed by atoms with Crippen LogP contribution in [-0.2, 0) is 11.2 Å². The number of hydrogen-bond donors (Lipinski definition) is 1. The van der Waals surface area contributed by atoms with E-state index in [9.17, 15) is 14.3 Å². The van der Waals surface area contributed by atoms with Crippen molar-refractivity contribution < 1.29 is 14.3 Å². The second kappa shape index (κ2) is 5.70. The van der Waals surface area contributed by atoms with Crippen molar-refractivity contribution in [2.45, 2.75) is 32.3 Å². The molecule has 0 aliphatic carbocycles. The molecule has 1 amide bonds. The minimum atomic E-state index is -0.775. The molecule has 0 bridgehead atoms. The van der Waals surface area contributed by atoms with Crippen LogP contribution in [-0.4, -0.2) is 34.6 Å². The number of hydrogen-bond acceptors (Lipinski definition) is 2. The molecule has 1 fully saturated rings. The van der Waals surface area contributed by atoms with E-state index in [0.29, 0.717) is 18.7 Å². The van der Waals surface area contributed by atoms with Crippen LogP contribution < -0.4 is 0 Å². The molecule has 0 saturated carbocycles. The molecule has 1 heterocycles. The fourth-order valence-electron chi connectivity index (χ4n) is 2.50. The molecule has 2 rings (SSSR count). The van der Waals surface area contributed by atoms with Gasteiger partial charge in [-0.25, -0.2) is 4.39 Å². The predicted molar refractivity (Wildman–Crippen MR) is 76.1 cm³/mol. The zero-order valence-corrected chi connectivity index (χ0v) is 12.5. The van der Waals surface area contributed by atoms with E-state index in [4.69, 9.17) is 11.6 Å². The van der Waals surface area contributed by atoms with Gasteiger partial charge in [0.15, 0.2) is 0 Å². The summed E-state index contributed by atoms with van der Waals surface area (Å²) in [7, 11) is 0. The van der Waals surface area contributed by atoms with Crippen molar-refractivity contribution in [2.24, 2.45) is 5.92 Å². The van der Waals surface area contributed by atoms with E-state index in [1.54, 1.807) is 24.8 Å². The van der Waals surface area contributed by atoms with E-state index in [1.165, 1.54) is 12.1 Å². The third-order valence-corrected chi connectivity index (χ3v) is 4.25. The van der Waals surface area contributed by atoms with Crippen LogP contribution in [0.5, 0.6) is 0 Å². The molecule has 3 nitrogen and oxygen atoms in total. The second-order valence-corrected chi connectivity index (χ2v) is 6.30. The molecular weight excluding hydrogens is 281 g/mol. The lowest BCUT2D eigenvalue weighted by atomic mass is 9.90. The lowest BCUT2D eigenvalue weighted by Crippen LogP contribution is -2.36. The number of nitrogens with zero attached hydrogens (tertiary/aromatic N) is 1. The van der Waals surface area contributed by atoms with Crippen molar-refractivity contribution in [3.05, 3.63) is 34.6 Å². The van der Waals surface area contributed by atoms with Gasteiger partial charge in [0, 0.05) is 24.0 Å². The van der Waals surface area contributed by atoms with Crippen molar-refractivity contribution in [1.29, 1.82) is 0 Å². The fraction of sp³-hybridized carbons (Fsp3) is 0.533. The number of benzene rings is 1. The molecule has 1 aliphatic rings. The van der Waals surface area contributed by atoms with E-state index < -0.39 is 11.4 Å². The zero-order chi connectivity index (χ0) is 14.9. The maximum absolute atomic E-state index is 13.0. The summed E-state index contributed by atoms with van der Waals surface area (Å²) in [4.78, 5) is 14.0. The van der Waals surface area contributed by atoms with Crippen LogP contribution in [0.3, 0.4) is 0 Å². The fourth-order valence-corrected chi connectivity index (χ4v) is 2.74. The number of likely N-dealkylation sites (tertiary alicyclic amines) is 1. The highest BCUT2D eigenvalue weighted by Gasteiger charge is 2.35. The van der Waals surface area contributed by atoms with E-state index >= 15 is 0 Å². The second-order valence-electron chi connectivity index (χ2n) is 5.89. The molecule has 1 aliphatic heterocycles. The maximum atomic E-state index is 13.0. The average Bonchev–Trinajstić information content (AvgIpc) is 2.82. The molecule has 0 unspecified atom stereocenters. The standard InChI is InChI=1S/C15H19ClFNO2/c1-15(2,20)11-5-6-18(9-11)14(19)7-10-3-4-12(17)8-13(10)16/h3-4,8,11,20H,5-7,9H2,1-2H3/t11-/m1/s1. The summed E-state index contributed by atoms with van der Waals surface area (Å²) in [5.74, 6) is -0.352. The van der Waals surface area contributed by atoms with Gasteiger partial charge in [0.25, 0.3) is 0 Å². The summed E-state index contributed by atoms with van der Waals surface area (Å²) in [6.07, 6.45) is 0.962. The molecule has 1 saturated heterocycles. The highest BCUT2D eigenvalue weighted by Crippen LogP contribution is 2.28. The molecule has 1 aromatic carbocycles. The van der Waals surface area contributed by atoms with E-state index in [0.717, 1.165) is 6.42 Å². The van der Waals surface area contributed by atoms with Crippen molar-refractivity contribution in [3.63, 3.8) is 0 Å². The number of aliphatic hydroxyl groups is 1. The Balaban J connectivity index is 2.00. The monoisotopic (exact) mass is 299 g/mol. The zero-order valence-electron chi connectivity index (χ0n) is 11.7. The minimum absolute atomic E-state index is 0.0368. The third-order valence-electron chi connectivity index (χ3n) is 3.90. The Labute approximate surface area is 123 Å². The highest BCUT2D eigenvalue weighted by molar-refractivity contribution is 6.31. The number of carbonyl (C=O) groups is 1. The number of rotatable bonds is 3. The Hall–Kier alpha value is -1.13. The van der Waals surface area contributed by atoms with Crippen LogP contribution in [0.4, 0.5) is 4.39 Å². The first-order chi connectivity index (χ1) is 9.27. The quantitative estimate of drug-likeness (QED) is 0.932.